The van der Waals surface area contributed by atoms with Crippen LogP contribution in [0.2, 0.25) is 0 Å². The van der Waals surface area contributed by atoms with Crippen molar-refractivity contribution in [3.05, 3.63) is 83.0 Å². The lowest BCUT2D eigenvalue weighted by atomic mass is 10.1. The number of rotatable bonds is 5. The van der Waals surface area contributed by atoms with E-state index in [9.17, 15) is 9.59 Å². The van der Waals surface area contributed by atoms with Gasteiger partial charge in [-0.3, -0.25) is 4.79 Å². The van der Waals surface area contributed by atoms with Crippen LogP contribution in [-0.4, -0.2) is 24.0 Å². The van der Waals surface area contributed by atoms with Crippen LogP contribution < -0.4 is 10.6 Å². The summed E-state index contributed by atoms with van der Waals surface area (Å²) in [5.74, 6) is -0.304. The van der Waals surface area contributed by atoms with Crippen LogP contribution in [0, 0.1) is 13.8 Å². The number of pyridine rings is 1. The van der Waals surface area contributed by atoms with E-state index in [0.717, 1.165) is 5.69 Å². The molecule has 0 saturated heterocycles. The van der Waals surface area contributed by atoms with Gasteiger partial charge >= 0.3 is 5.97 Å². The molecule has 0 atom stereocenters. The maximum atomic E-state index is 12.7. The van der Waals surface area contributed by atoms with Gasteiger partial charge in [0.15, 0.2) is 0 Å². The highest BCUT2D eigenvalue weighted by Gasteiger charge is 2.14. The van der Waals surface area contributed by atoms with Crippen molar-refractivity contribution in [2.75, 3.05) is 17.7 Å². The van der Waals surface area contributed by atoms with Crippen LogP contribution in [0.5, 0.6) is 0 Å². The third kappa shape index (κ3) is 4.35. The van der Waals surface area contributed by atoms with Crippen molar-refractivity contribution in [3.63, 3.8) is 0 Å². The first-order valence-corrected chi connectivity index (χ1v) is 8.77. The summed E-state index contributed by atoms with van der Waals surface area (Å²) < 4.78 is 4.76. The van der Waals surface area contributed by atoms with Gasteiger partial charge in [0.05, 0.1) is 18.4 Å². The lowest BCUT2D eigenvalue weighted by Gasteiger charge is -2.11. The molecule has 28 heavy (non-hydrogen) atoms. The Hall–Kier alpha value is -3.67. The van der Waals surface area contributed by atoms with Crippen molar-refractivity contribution in [3.8, 4) is 0 Å². The molecule has 0 saturated carbocycles. The number of esters is 1. The van der Waals surface area contributed by atoms with Gasteiger partial charge in [0.2, 0.25) is 0 Å². The Labute approximate surface area is 163 Å². The molecule has 3 aromatic rings. The Morgan fingerprint density at radius 3 is 2.50 bits per heavy atom. The van der Waals surface area contributed by atoms with Crippen molar-refractivity contribution in [1.82, 2.24) is 4.98 Å². The van der Waals surface area contributed by atoms with Gasteiger partial charge in [0.25, 0.3) is 5.91 Å². The lowest BCUT2D eigenvalue weighted by molar-refractivity contribution is 0.0602. The summed E-state index contributed by atoms with van der Waals surface area (Å²) in [6, 6.07) is 16.0. The average Bonchev–Trinajstić information content (AvgIpc) is 2.71. The number of aromatic nitrogens is 1. The molecular weight excluding hydrogens is 354 g/mol. The van der Waals surface area contributed by atoms with Gasteiger partial charge in [-0.05, 0) is 61.4 Å². The Balaban J connectivity index is 1.79. The molecule has 1 amide bonds. The molecule has 6 heteroatoms. The van der Waals surface area contributed by atoms with Gasteiger partial charge < -0.3 is 15.4 Å². The Kier molecular flexibility index (Phi) is 5.69. The van der Waals surface area contributed by atoms with E-state index >= 15 is 0 Å². The van der Waals surface area contributed by atoms with Gasteiger partial charge in [-0.2, -0.15) is 0 Å². The van der Waals surface area contributed by atoms with E-state index in [0.29, 0.717) is 22.6 Å². The number of carbonyl (C=O) groups excluding carboxylic acids is 2. The number of carbonyl (C=O) groups is 2. The molecule has 0 aliphatic carbocycles. The number of ether oxygens (including phenoxy) is 1. The Morgan fingerprint density at radius 1 is 0.964 bits per heavy atom. The van der Waals surface area contributed by atoms with Crippen LogP contribution in [-0.2, 0) is 4.74 Å². The molecule has 0 aliphatic rings. The van der Waals surface area contributed by atoms with E-state index in [-0.39, 0.29) is 5.91 Å². The van der Waals surface area contributed by atoms with Crippen LogP contribution in [0.25, 0.3) is 0 Å². The zero-order valence-electron chi connectivity index (χ0n) is 15.9. The summed E-state index contributed by atoms with van der Waals surface area (Å²) in [6.45, 7) is 4.09. The first kappa shape index (κ1) is 19.1. The molecule has 0 radical (unpaired) electrons. The molecule has 0 aliphatic heterocycles. The number of nitrogens with zero attached hydrogens (tertiary/aromatic N) is 1. The predicted molar refractivity (Wildman–Crippen MR) is 109 cm³/mol. The average molecular weight is 375 g/mol. The molecule has 0 unspecified atom stereocenters. The molecule has 6 nitrogen and oxygen atoms in total. The summed E-state index contributed by atoms with van der Waals surface area (Å²) >= 11 is 0. The minimum absolute atomic E-state index is 0.292. The minimum atomic E-state index is -0.511. The number of nitrogens with one attached hydrogen (secondary N) is 2. The summed E-state index contributed by atoms with van der Waals surface area (Å²) in [4.78, 5) is 28.8. The van der Waals surface area contributed by atoms with E-state index in [2.05, 4.69) is 22.5 Å². The summed E-state index contributed by atoms with van der Waals surface area (Å²) in [5, 5.41) is 5.96. The number of anilines is 3. The second kappa shape index (κ2) is 8.35. The minimum Gasteiger partial charge on any atom is -0.465 e. The smallest absolute Gasteiger partial charge is 0.339 e. The second-order valence-corrected chi connectivity index (χ2v) is 6.35. The van der Waals surface area contributed by atoms with Crippen LogP contribution in [0.1, 0.15) is 31.8 Å². The maximum Gasteiger partial charge on any atom is 0.339 e. The van der Waals surface area contributed by atoms with Crippen molar-refractivity contribution >= 4 is 29.1 Å². The van der Waals surface area contributed by atoms with Crippen molar-refractivity contribution in [2.45, 2.75) is 13.8 Å². The Bertz CT molecular complexity index is 1030. The third-order valence-corrected chi connectivity index (χ3v) is 4.38. The molecule has 1 aromatic heterocycles. The fourth-order valence-corrected chi connectivity index (χ4v) is 2.68. The molecule has 2 N–H and O–H groups in total. The van der Waals surface area contributed by atoms with E-state index in [1.165, 1.54) is 18.2 Å². The van der Waals surface area contributed by atoms with Gasteiger partial charge in [-0.15, -0.1) is 0 Å². The number of hydrogen-bond acceptors (Lipinski definition) is 5. The Morgan fingerprint density at radius 2 is 1.75 bits per heavy atom. The standard InChI is InChI=1S/C22H21N3O3/c1-14-8-9-17(12-15(14)2)24-20-13-16(10-11-23-20)21(26)25-19-7-5-4-6-18(19)22(27)28-3/h4-13H,1-3H3,(H,23,24)(H,25,26). The molecule has 0 spiro atoms. The van der Waals surface area contributed by atoms with Crippen molar-refractivity contribution in [1.29, 1.82) is 0 Å². The van der Waals surface area contributed by atoms with E-state index < -0.39 is 5.97 Å². The molecule has 0 bridgehead atoms. The molecule has 2 aromatic carbocycles. The van der Waals surface area contributed by atoms with E-state index in [1.54, 1.807) is 42.6 Å². The summed E-state index contributed by atoms with van der Waals surface area (Å²) in [7, 11) is 1.30. The van der Waals surface area contributed by atoms with Crippen LogP contribution >= 0.6 is 0 Å². The van der Waals surface area contributed by atoms with Gasteiger partial charge in [-0.25, -0.2) is 9.78 Å². The van der Waals surface area contributed by atoms with Crippen LogP contribution in [0.3, 0.4) is 0 Å². The fraction of sp³-hybridized carbons (Fsp3) is 0.136. The number of methoxy groups -OCH3 is 1. The quantitative estimate of drug-likeness (QED) is 0.643. The van der Waals surface area contributed by atoms with Crippen molar-refractivity contribution < 1.29 is 14.3 Å². The normalized spacial score (nSPS) is 10.2. The largest absolute Gasteiger partial charge is 0.465 e. The number of para-hydroxylation sites is 1. The number of amides is 1. The highest BCUT2D eigenvalue weighted by Crippen LogP contribution is 2.20. The second-order valence-electron chi connectivity index (χ2n) is 6.35. The number of benzene rings is 2. The predicted octanol–water partition coefficient (Wildman–Crippen LogP) is 4.48. The third-order valence-electron chi connectivity index (χ3n) is 4.38. The van der Waals surface area contributed by atoms with Gasteiger partial charge in [0.1, 0.15) is 5.82 Å². The SMILES string of the molecule is COC(=O)c1ccccc1NC(=O)c1ccnc(Nc2ccc(C)c(C)c2)c1. The molecule has 1 heterocycles. The number of aryl methyl sites for hydroxylation is 2. The summed E-state index contributed by atoms with van der Waals surface area (Å²) in [6.07, 6.45) is 1.56. The zero-order valence-corrected chi connectivity index (χ0v) is 15.9. The fourth-order valence-electron chi connectivity index (χ4n) is 2.68. The monoisotopic (exact) mass is 375 g/mol. The lowest BCUT2D eigenvalue weighted by Crippen LogP contribution is -2.15. The van der Waals surface area contributed by atoms with E-state index in [4.69, 9.17) is 4.74 Å². The van der Waals surface area contributed by atoms with E-state index in [1.807, 2.05) is 25.1 Å². The highest BCUT2D eigenvalue weighted by atomic mass is 16.5. The van der Waals surface area contributed by atoms with Crippen molar-refractivity contribution in [2.24, 2.45) is 0 Å². The van der Waals surface area contributed by atoms with Gasteiger partial charge in [0, 0.05) is 17.4 Å². The molecule has 3 rings (SSSR count). The maximum absolute atomic E-state index is 12.7. The molecule has 142 valence electrons. The first-order valence-electron chi connectivity index (χ1n) is 8.77. The first-order chi connectivity index (χ1) is 13.5. The van der Waals surface area contributed by atoms with Crippen LogP contribution in [0.15, 0.2) is 60.8 Å². The number of hydrogen-bond donors (Lipinski definition) is 2. The topological polar surface area (TPSA) is 80.3 Å². The summed E-state index contributed by atoms with van der Waals surface area (Å²) in [5.41, 5.74) is 4.36. The zero-order chi connectivity index (χ0) is 20.1. The highest BCUT2D eigenvalue weighted by molar-refractivity contribution is 6.08. The molecular formula is C22H21N3O3. The van der Waals surface area contributed by atoms with Crippen LogP contribution in [0.4, 0.5) is 17.2 Å². The van der Waals surface area contributed by atoms with Gasteiger partial charge in [-0.1, -0.05) is 18.2 Å². The molecule has 0 fully saturated rings.